The van der Waals surface area contributed by atoms with Crippen molar-refractivity contribution in [2.45, 2.75) is 6.42 Å². The molecule has 2 aromatic carbocycles. The van der Waals surface area contributed by atoms with E-state index in [2.05, 4.69) is 32.8 Å². The lowest BCUT2D eigenvalue weighted by Gasteiger charge is -2.20. The minimum Gasteiger partial charge on any atom is -0.504 e. The summed E-state index contributed by atoms with van der Waals surface area (Å²) in [4.78, 5) is 4.43. The Kier molecular flexibility index (Phi) is 5.53. The summed E-state index contributed by atoms with van der Waals surface area (Å²) in [5.41, 5.74) is 1.80. The fraction of sp³-hybridized carbons (Fsp3) is 0.111. The number of ether oxygens (including phenoxy) is 1. The first-order valence-electron chi connectivity index (χ1n) is 7.34. The van der Waals surface area contributed by atoms with Crippen LogP contribution in [0.1, 0.15) is 11.1 Å². The van der Waals surface area contributed by atoms with E-state index in [-0.39, 0.29) is 11.6 Å². The molecule has 0 aliphatic carbocycles. The van der Waals surface area contributed by atoms with Crippen molar-refractivity contribution in [2.75, 3.05) is 12.4 Å². The topological polar surface area (TPSA) is 53.9 Å². The van der Waals surface area contributed by atoms with Crippen molar-refractivity contribution in [1.29, 1.82) is 0 Å². The van der Waals surface area contributed by atoms with Crippen molar-refractivity contribution in [3.8, 4) is 11.5 Å². The zero-order valence-electron chi connectivity index (χ0n) is 13.3. The smallest absolute Gasteiger partial charge is 0.162 e. The number of fused-ring (bicyclic) bond motifs is 1. The Balaban J connectivity index is 2.11. The van der Waals surface area contributed by atoms with E-state index in [1.54, 1.807) is 18.2 Å². The standard InChI is InChI=1S/C18H15BrFIN2O2/c1-3-4-11-16-13(8-15(25-2)17(11)24)21-9-22-18(16)23-14-6-5-10(19)7-12(14)20/h3,5-9,24H,1,4H2,2H3,(H,22,23). The molecule has 1 aliphatic heterocycles. The van der Waals surface area contributed by atoms with Gasteiger partial charge in [-0.3, -0.25) is 0 Å². The number of methoxy groups -OCH3 is 1. The number of nitrogens with one attached hydrogen (secondary N) is 1. The maximum Gasteiger partial charge on any atom is 0.162 e. The molecule has 130 valence electrons. The quantitative estimate of drug-likeness (QED) is 0.453. The number of anilines is 1. The zero-order valence-corrected chi connectivity index (χ0v) is 17.1. The largest absolute Gasteiger partial charge is 0.504 e. The van der Waals surface area contributed by atoms with Gasteiger partial charge in [-0.05, 0) is 30.7 Å². The van der Waals surface area contributed by atoms with Crippen molar-refractivity contribution in [3.05, 3.63) is 61.9 Å². The Hall–Kier alpha value is -1.74. The van der Waals surface area contributed by atoms with Gasteiger partial charge in [0.25, 0.3) is 0 Å². The molecular weight excluding hydrogens is 502 g/mol. The number of hydrogen-bond acceptors (Lipinski definition) is 4. The van der Waals surface area contributed by atoms with E-state index in [0.29, 0.717) is 33.7 Å². The summed E-state index contributed by atoms with van der Waals surface area (Å²) in [5.74, 6) is 0.622. The number of phenolic OH excluding ortho intramolecular Hbond substituents is 1. The van der Waals surface area contributed by atoms with Crippen LogP contribution in [-0.4, -0.2) is 22.2 Å². The monoisotopic (exact) mass is 516 g/mol. The van der Waals surface area contributed by atoms with E-state index < -0.39 is 20.7 Å². The van der Waals surface area contributed by atoms with Gasteiger partial charge in [0.15, 0.2) is 11.5 Å². The van der Waals surface area contributed by atoms with Crippen molar-refractivity contribution in [2.24, 2.45) is 4.99 Å². The molecule has 3 rings (SSSR count). The molecule has 2 N–H and O–H groups in total. The molecule has 0 fully saturated rings. The van der Waals surface area contributed by atoms with E-state index in [0.717, 1.165) is 9.13 Å². The number of aromatic hydroxyl groups is 1. The molecule has 0 unspecified atom stereocenters. The second kappa shape index (κ2) is 7.65. The van der Waals surface area contributed by atoms with Gasteiger partial charge in [-0.1, -0.05) is 42.7 Å². The van der Waals surface area contributed by atoms with E-state index in [1.165, 1.54) is 13.2 Å². The van der Waals surface area contributed by atoms with Crippen LogP contribution in [0.5, 0.6) is 11.5 Å². The number of allylic oxidation sites excluding steroid dienone is 1. The Labute approximate surface area is 163 Å². The minimum absolute atomic E-state index is 0.0674. The molecule has 0 saturated heterocycles. The molecule has 4 nitrogen and oxygen atoms in total. The third kappa shape index (κ3) is 3.62. The lowest BCUT2D eigenvalue weighted by molar-refractivity contribution is 0.370. The number of benzene rings is 2. The van der Waals surface area contributed by atoms with Crippen LogP contribution in [-0.2, 0) is 6.42 Å². The Morgan fingerprint density at radius 1 is 1.44 bits per heavy atom. The average Bonchev–Trinajstić information content (AvgIpc) is 2.59. The first-order chi connectivity index (χ1) is 12.0. The normalized spacial score (nSPS) is 12.7. The first kappa shape index (κ1) is 18.1. The van der Waals surface area contributed by atoms with Gasteiger partial charge in [0.1, 0.15) is 11.7 Å². The SMILES string of the molecule is C=CCc1c(O)c(OC)cc2c1C(Nc1ccc(Br)cc1F)=NC=I2. The summed E-state index contributed by atoms with van der Waals surface area (Å²) in [6, 6.07) is 6.61. The van der Waals surface area contributed by atoms with Gasteiger partial charge in [-0.25, -0.2) is 9.38 Å². The van der Waals surface area contributed by atoms with Gasteiger partial charge < -0.3 is 15.2 Å². The highest BCUT2D eigenvalue weighted by Gasteiger charge is 2.23. The van der Waals surface area contributed by atoms with Gasteiger partial charge in [-0.2, -0.15) is 0 Å². The van der Waals surface area contributed by atoms with Gasteiger partial charge in [0.05, 0.1) is 16.9 Å². The van der Waals surface area contributed by atoms with E-state index >= 15 is 0 Å². The highest BCUT2D eigenvalue weighted by Crippen LogP contribution is 2.39. The van der Waals surface area contributed by atoms with Crippen molar-refractivity contribution in [3.63, 3.8) is 0 Å². The molecule has 0 amide bonds. The molecule has 1 aliphatic rings. The summed E-state index contributed by atoms with van der Waals surface area (Å²) in [5, 5.41) is 13.6. The second-order valence-electron chi connectivity index (χ2n) is 5.19. The first-order valence-corrected chi connectivity index (χ1v) is 10.5. The molecule has 25 heavy (non-hydrogen) atoms. The molecule has 0 spiro atoms. The molecule has 1 heterocycles. The summed E-state index contributed by atoms with van der Waals surface area (Å²) in [7, 11) is 1.52. The van der Waals surface area contributed by atoms with Gasteiger partial charge in [0, 0.05) is 19.2 Å². The molecule has 0 aromatic heterocycles. The third-order valence-corrected chi connectivity index (χ3v) is 6.22. The Morgan fingerprint density at radius 2 is 2.24 bits per heavy atom. The van der Waals surface area contributed by atoms with Crippen LogP contribution in [0.3, 0.4) is 0 Å². The molecular formula is C18H15BrFIN2O2. The highest BCUT2D eigenvalue weighted by molar-refractivity contribution is 14.2. The van der Waals surface area contributed by atoms with Crippen LogP contribution in [0.15, 0.2) is 46.4 Å². The molecule has 0 saturated carbocycles. The average molecular weight is 517 g/mol. The number of hydrogen-bond donors (Lipinski definition) is 2. The van der Waals surface area contributed by atoms with Crippen molar-refractivity contribution >= 4 is 52.3 Å². The van der Waals surface area contributed by atoms with Crippen LogP contribution >= 0.6 is 36.7 Å². The second-order valence-corrected chi connectivity index (χ2v) is 8.45. The number of phenols is 1. The number of amidine groups is 1. The lowest BCUT2D eigenvalue weighted by atomic mass is 10.0. The van der Waals surface area contributed by atoms with Crippen LogP contribution in [0.25, 0.3) is 0 Å². The van der Waals surface area contributed by atoms with E-state index in [4.69, 9.17) is 4.74 Å². The van der Waals surface area contributed by atoms with E-state index in [1.807, 2.05) is 10.2 Å². The predicted octanol–water partition coefficient (Wildman–Crippen LogP) is 4.80. The number of rotatable bonds is 4. The number of aliphatic imine (C=N–C) groups is 1. The predicted molar refractivity (Wildman–Crippen MR) is 112 cm³/mol. The summed E-state index contributed by atoms with van der Waals surface area (Å²) in [6.45, 7) is 3.76. The van der Waals surface area contributed by atoms with E-state index in [9.17, 15) is 9.50 Å². The van der Waals surface area contributed by atoms with Gasteiger partial charge in [0.2, 0.25) is 0 Å². The van der Waals surface area contributed by atoms with Crippen LogP contribution in [0.2, 0.25) is 0 Å². The van der Waals surface area contributed by atoms with Gasteiger partial charge in [-0.15, -0.1) is 6.58 Å². The molecule has 0 bridgehead atoms. The minimum atomic E-state index is -0.465. The van der Waals surface area contributed by atoms with Gasteiger partial charge >= 0.3 is 0 Å². The molecule has 7 heteroatoms. The van der Waals surface area contributed by atoms with Crippen LogP contribution in [0.4, 0.5) is 10.1 Å². The number of nitrogens with zero attached hydrogens (tertiary/aromatic N) is 1. The van der Waals surface area contributed by atoms with Crippen LogP contribution in [0, 0.1) is 9.39 Å². The third-order valence-electron chi connectivity index (χ3n) is 3.65. The molecule has 2 aromatic rings. The highest BCUT2D eigenvalue weighted by atomic mass is 127. The summed E-state index contributed by atoms with van der Waals surface area (Å²) >= 11 is 2.78. The Bertz CT molecular complexity index is 912. The summed E-state index contributed by atoms with van der Waals surface area (Å²) < 4.78 is 23.0. The summed E-state index contributed by atoms with van der Waals surface area (Å²) in [6.07, 6.45) is 2.17. The maximum absolute atomic E-state index is 14.2. The maximum atomic E-state index is 14.2. The lowest BCUT2D eigenvalue weighted by Crippen LogP contribution is -2.20. The molecule has 0 radical (unpaired) electrons. The number of halogens is 3. The fourth-order valence-electron chi connectivity index (χ4n) is 2.51. The van der Waals surface area contributed by atoms with Crippen molar-refractivity contribution in [1.82, 2.24) is 0 Å². The van der Waals surface area contributed by atoms with Crippen molar-refractivity contribution < 1.29 is 14.2 Å². The van der Waals surface area contributed by atoms with Crippen LogP contribution < -0.4 is 10.1 Å². The Morgan fingerprint density at radius 3 is 2.92 bits per heavy atom. The fourth-order valence-corrected chi connectivity index (χ4v) is 4.92. The molecule has 0 atom stereocenters. The zero-order chi connectivity index (χ0) is 18.0.